The topological polar surface area (TPSA) is 20.3 Å². The van der Waals surface area contributed by atoms with Gasteiger partial charge in [-0.1, -0.05) is 30.3 Å². The van der Waals surface area contributed by atoms with E-state index in [-0.39, 0.29) is 17.8 Å². The molecule has 1 amide bonds. The monoisotopic (exact) mass is 285 g/mol. The second kappa shape index (κ2) is 6.53. The summed E-state index contributed by atoms with van der Waals surface area (Å²) in [7, 11) is 0. The first-order valence-corrected chi connectivity index (χ1v) is 7.10. The van der Waals surface area contributed by atoms with Crippen LogP contribution in [0.1, 0.15) is 35.3 Å². The highest BCUT2D eigenvalue weighted by molar-refractivity contribution is 5.95. The lowest BCUT2D eigenvalue weighted by atomic mass is 10.1. The molecule has 0 radical (unpaired) electrons. The molecule has 0 aliphatic heterocycles. The second-order valence-electron chi connectivity index (χ2n) is 5.47. The predicted octanol–water partition coefficient (Wildman–Crippen LogP) is 4.18. The number of aryl methyl sites for hydroxylation is 1. The molecule has 0 fully saturated rings. The molecule has 2 aromatic rings. The minimum Gasteiger partial charge on any atom is -0.332 e. The average molecular weight is 285 g/mol. The van der Waals surface area contributed by atoms with Crippen LogP contribution in [0.2, 0.25) is 0 Å². The van der Waals surface area contributed by atoms with Crippen molar-refractivity contribution in [3.05, 3.63) is 71.0 Å². The molecule has 0 spiro atoms. The summed E-state index contributed by atoms with van der Waals surface area (Å²) < 4.78 is 13.2. The van der Waals surface area contributed by atoms with Crippen molar-refractivity contribution in [2.24, 2.45) is 0 Å². The molecule has 0 saturated heterocycles. The number of carbonyl (C=O) groups is 1. The van der Waals surface area contributed by atoms with Crippen molar-refractivity contribution < 1.29 is 9.18 Å². The Bertz CT molecular complexity index is 622. The van der Waals surface area contributed by atoms with Crippen LogP contribution in [0.5, 0.6) is 0 Å². The van der Waals surface area contributed by atoms with Gasteiger partial charge in [0.1, 0.15) is 5.82 Å². The Labute approximate surface area is 125 Å². The molecule has 0 aliphatic rings. The van der Waals surface area contributed by atoms with Crippen molar-refractivity contribution in [1.29, 1.82) is 0 Å². The minimum absolute atomic E-state index is 0.0636. The zero-order valence-electron chi connectivity index (χ0n) is 12.6. The zero-order chi connectivity index (χ0) is 15.4. The van der Waals surface area contributed by atoms with Gasteiger partial charge >= 0.3 is 0 Å². The summed E-state index contributed by atoms with van der Waals surface area (Å²) in [5, 5.41) is 0. The molecule has 2 aromatic carbocycles. The molecule has 0 heterocycles. The van der Waals surface area contributed by atoms with E-state index < -0.39 is 0 Å². The Balaban J connectivity index is 2.27. The van der Waals surface area contributed by atoms with E-state index >= 15 is 0 Å². The summed E-state index contributed by atoms with van der Waals surface area (Å²) in [5.41, 5.74) is 2.30. The van der Waals surface area contributed by atoms with Gasteiger partial charge in [0.2, 0.25) is 0 Å². The van der Waals surface area contributed by atoms with Crippen LogP contribution in [0.3, 0.4) is 0 Å². The van der Waals surface area contributed by atoms with E-state index in [1.54, 1.807) is 17.9 Å². The van der Waals surface area contributed by atoms with Gasteiger partial charge in [-0.25, -0.2) is 4.39 Å². The molecule has 0 N–H and O–H groups in total. The lowest BCUT2D eigenvalue weighted by Gasteiger charge is -2.27. The standard InChI is InChI=1S/C18H20FNO/c1-13(2)20(12-15-7-5-4-6-8-15)18(21)17-10-9-16(19)11-14(17)3/h4-11,13H,12H2,1-3H3. The molecule has 2 nitrogen and oxygen atoms in total. The van der Waals surface area contributed by atoms with E-state index in [1.807, 2.05) is 44.2 Å². The Hall–Kier alpha value is -2.16. The van der Waals surface area contributed by atoms with E-state index in [0.29, 0.717) is 17.7 Å². The van der Waals surface area contributed by atoms with Crippen LogP contribution in [0.4, 0.5) is 4.39 Å². The molecule has 0 saturated carbocycles. The van der Waals surface area contributed by atoms with Crippen molar-refractivity contribution in [1.82, 2.24) is 4.90 Å². The fraction of sp³-hybridized carbons (Fsp3) is 0.278. The highest BCUT2D eigenvalue weighted by Gasteiger charge is 2.20. The SMILES string of the molecule is Cc1cc(F)ccc1C(=O)N(Cc1ccccc1)C(C)C. The Morgan fingerprint density at radius 1 is 1.14 bits per heavy atom. The van der Waals surface area contributed by atoms with E-state index in [4.69, 9.17) is 0 Å². The van der Waals surface area contributed by atoms with Crippen molar-refractivity contribution in [2.45, 2.75) is 33.4 Å². The van der Waals surface area contributed by atoms with Gasteiger partial charge in [0, 0.05) is 18.2 Å². The highest BCUT2D eigenvalue weighted by Crippen LogP contribution is 2.17. The van der Waals surface area contributed by atoms with Gasteiger partial charge in [-0.3, -0.25) is 4.79 Å². The van der Waals surface area contributed by atoms with Crippen LogP contribution in [-0.2, 0) is 6.54 Å². The molecule has 0 unspecified atom stereocenters. The number of amides is 1. The average Bonchev–Trinajstić information content (AvgIpc) is 2.45. The van der Waals surface area contributed by atoms with E-state index in [9.17, 15) is 9.18 Å². The number of halogens is 1. The maximum Gasteiger partial charge on any atom is 0.254 e. The summed E-state index contributed by atoms with van der Waals surface area (Å²) in [6.45, 7) is 6.28. The molecular formula is C18H20FNO. The van der Waals surface area contributed by atoms with Crippen LogP contribution in [0, 0.1) is 12.7 Å². The molecule has 0 aliphatic carbocycles. The molecule has 0 atom stereocenters. The first-order valence-electron chi connectivity index (χ1n) is 7.10. The normalized spacial score (nSPS) is 10.7. The fourth-order valence-corrected chi connectivity index (χ4v) is 2.29. The summed E-state index contributed by atoms with van der Waals surface area (Å²) in [6, 6.07) is 14.2. The smallest absolute Gasteiger partial charge is 0.254 e. The van der Waals surface area contributed by atoms with E-state index in [2.05, 4.69) is 0 Å². The van der Waals surface area contributed by atoms with Crippen molar-refractivity contribution >= 4 is 5.91 Å². The summed E-state index contributed by atoms with van der Waals surface area (Å²) >= 11 is 0. The third kappa shape index (κ3) is 3.69. The number of benzene rings is 2. The van der Waals surface area contributed by atoms with Crippen molar-refractivity contribution in [2.75, 3.05) is 0 Å². The number of carbonyl (C=O) groups excluding carboxylic acids is 1. The minimum atomic E-state index is -0.316. The molecule has 0 aromatic heterocycles. The number of rotatable bonds is 4. The number of hydrogen-bond donors (Lipinski definition) is 0. The van der Waals surface area contributed by atoms with Crippen molar-refractivity contribution in [3.8, 4) is 0 Å². The van der Waals surface area contributed by atoms with Gasteiger partial charge in [0.15, 0.2) is 0 Å². The Kier molecular flexibility index (Phi) is 4.73. The predicted molar refractivity (Wildman–Crippen MR) is 82.6 cm³/mol. The molecule has 0 bridgehead atoms. The lowest BCUT2D eigenvalue weighted by Crippen LogP contribution is -2.36. The molecule has 2 rings (SSSR count). The molecular weight excluding hydrogens is 265 g/mol. The van der Waals surface area contributed by atoms with Gasteiger partial charge in [-0.05, 0) is 50.1 Å². The largest absolute Gasteiger partial charge is 0.332 e. The quantitative estimate of drug-likeness (QED) is 0.825. The third-order valence-electron chi connectivity index (χ3n) is 3.50. The summed E-state index contributed by atoms with van der Waals surface area (Å²) in [6.07, 6.45) is 0. The highest BCUT2D eigenvalue weighted by atomic mass is 19.1. The first-order chi connectivity index (χ1) is 9.99. The van der Waals surface area contributed by atoms with Crippen molar-refractivity contribution in [3.63, 3.8) is 0 Å². The van der Waals surface area contributed by atoms with Gasteiger partial charge in [-0.2, -0.15) is 0 Å². The third-order valence-corrected chi connectivity index (χ3v) is 3.50. The van der Waals surface area contributed by atoms with Gasteiger partial charge in [0.25, 0.3) is 5.91 Å². The molecule has 21 heavy (non-hydrogen) atoms. The van der Waals surface area contributed by atoms with Crippen LogP contribution < -0.4 is 0 Å². The maximum absolute atomic E-state index is 13.2. The Morgan fingerprint density at radius 2 is 1.81 bits per heavy atom. The lowest BCUT2D eigenvalue weighted by molar-refractivity contribution is 0.0689. The number of hydrogen-bond acceptors (Lipinski definition) is 1. The Morgan fingerprint density at radius 3 is 2.38 bits per heavy atom. The zero-order valence-corrected chi connectivity index (χ0v) is 12.6. The van der Waals surface area contributed by atoms with Crippen LogP contribution in [0.15, 0.2) is 48.5 Å². The van der Waals surface area contributed by atoms with Gasteiger partial charge in [0.05, 0.1) is 0 Å². The van der Waals surface area contributed by atoms with Crippen LogP contribution in [0.25, 0.3) is 0 Å². The molecule has 110 valence electrons. The summed E-state index contributed by atoms with van der Waals surface area (Å²) in [5.74, 6) is -0.380. The maximum atomic E-state index is 13.2. The summed E-state index contributed by atoms with van der Waals surface area (Å²) in [4.78, 5) is 14.5. The van der Waals surface area contributed by atoms with E-state index in [0.717, 1.165) is 5.56 Å². The first kappa shape index (κ1) is 15.2. The van der Waals surface area contributed by atoms with Crippen LogP contribution >= 0.6 is 0 Å². The van der Waals surface area contributed by atoms with Gasteiger partial charge in [-0.15, -0.1) is 0 Å². The number of nitrogens with zero attached hydrogens (tertiary/aromatic N) is 1. The van der Waals surface area contributed by atoms with E-state index in [1.165, 1.54) is 12.1 Å². The fourth-order valence-electron chi connectivity index (χ4n) is 2.29. The molecule has 3 heteroatoms. The van der Waals surface area contributed by atoms with Gasteiger partial charge < -0.3 is 4.90 Å². The van der Waals surface area contributed by atoms with Crippen LogP contribution in [-0.4, -0.2) is 16.8 Å². The second-order valence-corrected chi connectivity index (χ2v) is 5.47.